The molecule has 0 bridgehead atoms. The lowest BCUT2D eigenvalue weighted by Gasteiger charge is -2.30. The summed E-state index contributed by atoms with van der Waals surface area (Å²) >= 11 is 0. The molecule has 0 aromatic carbocycles. The van der Waals surface area contributed by atoms with Crippen LogP contribution in [0.1, 0.15) is 52.9 Å². The maximum Gasteiger partial charge on any atom is 0.0597 e. The lowest BCUT2D eigenvalue weighted by Crippen LogP contribution is -2.46. The zero-order valence-corrected chi connectivity index (χ0v) is 11.5. The topological polar surface area (TPSA) is 47.3 Å². The van der Waals surface area contributed by atoms with Crippen molar-refractivity contribution in [3.05, 3.63) is 0 Å². The van der Waals surface area contributed by atoms with E-state index in [9.17, 15) is 0 Å². The highest BCUT2D eigenvalue weighted by Gasteiger charge is 2.41. The summed E-state index contributed by atoms with van der Waals surface area (Å²) in [4.78, 5) is 0. The normalized spacial score (nSPS) is 40.9. The number of hydrogen-bond acceptors (Lipinski definition) is 3. The molecule has 2 rings (SSSR count). The summed E-state index contributed by atoms with van der Waals surface area (Å²) in [6.45, 7) is 6.69. The third-order valence-corrected chi connectivity index (χ3v) is 5.06. The first-order valence-corrected chi connectivity index (χ1v) is 7.25. The summed E-state index contributed by atoms with van der Waals surface area (Å²) in [5.41, 5.74) is 3.07. The number of rotatable bonds is 4. The number of ether oxygens (including phenoxy) is 1. The van der Waals surface area contributed by atoms with E-state index in [1.165, 1.54) is 32.1 Å². The molecule has 0 radical (unpaired) electrons. The van der Waals surface area contributed by atoms with E-state index in [1.54, 1.807) is 0 Å². The van der Waals surface area contributed by atoms with Crippen molar-refractivity contribution in [2.45, 2.75) is 71.1 Å². The summed E-state index contributed by atoms with van der Waals surface area (Å²) in [7, 11) is 0. The molecule has 0 spiro atoms. The van der Waals surface area contributed by atoms with E-state index in [1.807, 2.05) is 0 Å². The Kier molecular flexibility index (Phi) is 4.45. The van der Waals surface area contributed by atoms with Crippen LogP contribution in [0.4, 0.5) is 0 Å². The van der Waals surface area contributed by atoms with Crippen molar-refractivity contribution in [1.29, 1.82) is 0 Å². The third kappa shape index (κ3) is 2.83. The molecule has 1 heterocycles. The fourth-order valence-corrected chi connectivity index (χ4v) is 3.93. The van der Waals surface area contributed by atoms with Gasteiger partial charge in [0.05, 0.1) is 12.2 Å². The van der Waals surface area contributed by atoms with Crippen LogP contribution in [-0.2, 0) is 4.74 Å². The molecule has 2 fully saturated rings. The van der Waals surface area contributed by atoms with E-state index in [2.05, 4.69) is 26.2 Å². The van der Waals surface area contributed by atoms with Gasteiger partial charge in [-0.15, -0.1) is 0 Å². The predicted octanol–water partition coefficient (Wildman–Crippen LogP) is 2.46. The molecule has 3 heteroatoms. The van der Waals surface area contributed by atoms with Crippen LogP contribution >= 0.6 is 0 Å². The Morgan fingerprint density at radius 2 is 1.82 bits per heavy atom. The van der Waals surface area contributed by atoms with Gasteiger partial charge in [0.2, 0.25) is 0 Å². The molecule has 0 aromatic heterocycles. The van der Waals surface area contributed by atoms with Gasteiger partial charge in [-0.25, -0.2) is 0 Å². The summed E-state index contributed by atoms with van der Waals surface area (Å²) < 4.78 is 5.94. The first-order valence-electron chi connectivity index (χ1n) is 7.25. The second-order valence-electron chi connectivity index (χ2n) is 6.14. The van der Waals surface area contributed by atoms with Gasteiger partial charge in [0.15, 0.2) is 0 Å². The minimum Gasteiger partial charge on any atom is -0.375 e. The van der Waals surface area contributed by atoms with E-state index >= 15 is 0 Å². The molecule has 100 valence electrons. The largest absolute Gasteiger partial charge is 0.375 e. The van der Waals surface area contributed by atoms with Crippen molar-refractivity contribution in [2.24, 2.45) is 23.6 Å². The Labute approximate surface area is 105 Å². The molecule has 3 N–H and O–H groups in total. The zero-order valence-electron chi connectivity index (χ0n) is 11.5. The van der Waals surface area contributed by atoms with E-state index in [4.69, 9.17) is 10.6 Å². The average Bonchev–Trinajstić information content (AvgIpc) is 2.87. The molecule has 2 aliphatic rings. The molecule has 1 aliphatic heterocycles. The Bertz CT molecular complexity index is 240. The van der Waals surface area contributed by atoms with E-state index < -0.39 is 0 Å². The Balaban J connectivity index is 1.96. The van der Waals surface area contributed by atoms with Crippen LogP contribution in [0.3, 0.4) is 0 Å². The van der Waals surface area contributed by atoms with Crippen molar-refractivity contribution in [1.82, 2.24) is 5.43 Å². The Morgan fingerprint density at radius 3 is 2.29 bits per heavy atom. The third-order valence-electron chi connectivity index (χ3n) is 5.06. The van der Waals surface area contributed by atoms with Crippen molar-refractivity contribution < 1.29 is 4.74 Å². The van der Waals surface area contributed by atoms with Crippen LogP contribution in [0, 0.1) is 17.8 Å². The highest BCUT2D eigenvalue weighted by molar-refractivity contribution is 4.92. The van der Waals surface area contributed by atoms with Crippen molar-refractivity contribution in [3.8, 4) is 0 Å². The Hall–Kier alpha value is -0.120. The second-order valence-corrected chi connectivity index (χ2v) is 6.14. The second kappa shape index (κ2) is 5.68. The van der Waals surface area contributed by atoms with Crippen LogP contribution < -0.4 is 11.3 Å². The molecule has 5 atom stereocenters. The van der Waals surface area contributed by atoms with Gasteiger partial charge >= 0.3 is 0 Å². The first-order chi connectivity index (χ1) is 8.13. The molecule has 1 aliphatic carbocycles. The molecule has 17 heavy (non-hydrogen) atoms. The molecule has 0 aromatic rings. The first kappa shape index (κ1) is 13.3. The highest BCUT2D eigenvalue weighted by atomic mass is 16.5. The minimum absolute atomic E-state index is 0.336. The van der Waals surface area contributed by atoms with Gasteiger partial charge in [0.1, 0.15) is 0 Å². The van der Waals surface area contributed by atoms with Crippen molar-refractivity contribution >= 4 is 0 Å². The smallest absolute Gasteiger partial charge is 0.0597 e. The summed E-state index contributed by atoms with van der Waals surface area (Å²) in [5.74, 6) is 7.85. The fourth-order valence-electron chi connectivity index (χ4n) is 3.93. The number of hydrazine groups is 1. The lowest BCUT2D eigenvalue weighted by molar-refractivity contribution is 0.0464. The minimum atomic E-state index is 0.336. The summed E-state index contributed by atoms with van der Waals surface area (Å²) in [6.07, 6.45) is 7.53. The van der Waals surface area contributed by atoms with Crippen LogP contribution in [0.5, 0.6) is 0 Å². The maximum atomic E-state index is 5.94. The summed E-state index contributed by atoms with van der Waals surface area (Å²) in [5, 5.41) is 0. The van der Waals surface area contributed by atoms with E-state index in [0.717, 1.165) is 5.92 Å². The SMILES string of the molecule is CC1OC(C)C(C(CC2CCCC2)NN)C1C. The van der Waals surface area contributed by atoms with Gasteiger partial charge in [-0.2, -0.15) is 0 Å². The standard InChI is InChI=1S/C14H28N2O/c1-9-10(2)17-11(3)14(9)13(16-15)8-12-6-4-5-7-12/h9-14,16H,4-8,15H2,1-3H3. The van der Waals surface area contributed by atoms with Crippen molar-refractivity contribution in [3.63, 3.8) is 0 Å². The quantitative estimate of drug-likeness (QED) is 0.586. The predicted molar refractivity (Wildman–Crippen MR) is 70.3 cm³/mol. The molecule has 0 amide bonds. The molecule has 1 saturated carbocycles. The van der Waals surface area contributed by atoms with Crippen LogP contribution in [0.15, 0.2) is 0 Å². The van der Waals surface area contributed by atoms with Crippen LogP contribution in [-0.4, -0.2) is 18.2 Å². The molecule has 5 unspecified atom stereocenters. The molecular weight excluding hydrogens is 212 g/mol. The number of nitrogens with one attached hydrogen (secondary N) is 1. The van der Waals surface area contributed by atoms with Gasteiger partial charge in [-0.1, -0.05) is 32.6 Å². The van der Waals surface area contributed by atoms with Gasteiger partial charge in [0, 0.05) is 12.0 Å². The van der Waals surface area contributed by atoms with Gasteiger partial charge in [0.25, 0.3) is 0 Å². The maximum absolute atomic E-state index is 5.94. The highest BCUT2D eigenvalue weighted by Crippen LogP contribution is 2.38. The average molecular weight is 240 g/mol. The van der Waals surface area contributed by atoms with Gasteiger partial charge in [-0.3, -0.25) is 11.3 Å². The molecule has 3 nitrogen and oxygen atoms in total. The van der Waals surface area contributed by atoms with E-state index in [-0.39, 0.29) is 0 Å². The van der Waals surface area contributed by atoms with Crippen LogP contribution in [0.25, 0.3) is 0 Å². The van der Waals surface area contributed by atoms with Gasteiger partial charge < -0.3 is 4.74 Å². The zero-order chi connectivity index (χ0) is 12.4. The molecule has 1 saturated heterocycles. The fraction of sp³-hybridized carbons (Fsp3) is 1.00. The lowest BCUT2D eigenvalue weighted by atomic mass is 9.80. The Morgan fingerprint density at radius 1 is 1.18 bits per heavy atom. The summed E-state index contributed by atoms with van der Waals surface area (Å²) in [6, 6.07) is 0.424. The number of hydrogen-bond donors (Lipinski definition) is 2. The molecular formula is C14H28N2O. The van der Waals surface area contributed by atoms with Crippen molar-refractivity contribution in [2.75, 3.05) is 0 Å². The number of nitrogens with two attached hydrogens (primary N) is 1. The monoisotopic (exact) mass is 240 g/mol. The van der Waals surface area contributed by atoms with Crippen LogP contribution in [0.2, 0.25) is 0 Å². The van der Waals surface area contributed by atoms with E-state index in [0.29, 0.717) is 30.1 Å². The van der Waals surface area contributed by atoms with Gasteiger partial charge in [-0.05, 0) is 32.1 Å².